The second-order valence-electron chi connectivity index (χ2n) is 5.46. The number of unbranched alkanes of at least 4 members (excludes halogenated alkanes) is 3. The Balaban J connectivity index is 1.82. The Bertz CT molecular complexity index is 388. The van der Waals surface area contributed by atoms with Crippen LogP contribution >= 0.6 is 0 Å². The minimum atomic E-state index is 0.708. The van der Waals surface area contributed by atoms with E-state index in [1.807, 2.05) is 13.0 Å². The van der Waals surface area contributed by atoms with E-state index in [-0.39, 0.29) is 0 Å². The predicted molar refractivity (Wildman–Crippen MR) is 78.5 cm³/mol. The monoisotopic (exact) mass is 262 g/mol. The molecule has 3 nitrogen and oxygen atoms in total. The molecule has 1 saturated carbocycles. The van der Waals surface area contributed by atoms with Crippen LogP contribution in [0.15, 0.2) is 12.1 Å². The fourth-order valence-corrected chi connectivity index (χ4v) is 2.10. The third-order valence-electron chi connectivity index (χ3n) is 3.46. The summed E-state index contributed by atoms with van der Waals surface area (Å²) >= 11 is 0. The molecule has 19 heavy (non-hydrogen) atoms. The molecule has 1 aliphatic rings. The van der Waals surface area contributed by atoms with E-state index < -0.39 is 0 Å². The van der Waals surface area contributed by atoms with E-state index in [9.17, 15) is 0 Å². The maximum absolute atomic E-state index is 5.89. The molecule has 0 bridgehead atoms. The van der Waals surface area contributed by atoms with Gasteiger partial charge in [0.2, 0.25) is 0 Å². The molecule has 1 aromatic rings. The summed E-state index contributed by atoms with van der Waals surface area (Å²) < 4.78 is 5.89. The predicted octanol–water partition coefficient (Wildman–Crippen LogP) is 3.60. The molecular weight excluding hydrogens is 236 g/mol. The van der Waals surface area contributed by atoms with Crippen LogP contribution in [0.2, 0.25) is 0 Å². The Morgan fingerprint density at radius 3 is 2.84 bits per heavy atom. The van der Waals surface area contributed by atoms with E-state index >= 15 is 0 Å². The van der Waals surface area contributed by atoms with Crippen molar-refractivity contribution in [2.75, 3.05) is 6.61 Å². The van der Waals surface area contributed by atoms with Crippen LogP contribution in [0.4, 0.5) is 0 Å². The van der Waals surface area contributed by atoms with Gasteiger partial charge in [0.05, 0.1) is 12.3 Å². The summed E-state index contributed by atoms with van der Waals surface area (Å²) in [6.45, 7) is 5.90. The molecule has 1 heterocycles. The van der Waals surface area contributed by atoms with E-state index in [1.165, 1.54) is 32.1 Å². The SMILES string of the molecule is CCCCCCOc1ccc(C)nc1CNC1CC1. The van der Waals surface area contributed by atoms with Gasteiger partial charge in [-0.25, -0.2) is 0 Å². The van der Waals surface area contributed by atoms with Gasteiger partial charge < -0.3 is 10.1 Å². The highest BCUT2D eigenvalue weighted by Gasteiger charge is 2.21. The van der Waals surface area contributed by atoms with Gasteiger partial charge in [-0.15, -0.1) is 0 Å². The molecule has 106 valence electrons. The van der Waals surface area contributed by atoms with Crippen molar-refractivity contribution in [2.45, 2.75) is 65.0 Å². The first-order chi connectivity index (χ1) is 9.29. The lowest BCUT2D eigenvalue weighted by Crippen LogP contribution is -2.17. The van der Waals surface area contributed by atoms with Gasteiger partial charge in [0, 0.05) is 18.3 Å². The van der Waals surface area contributed by atoms with Crippen LogP contribution < -0.4 is 10.1 Å². The number of aromatic nitrogens is 1. The lowest BCUT2D eigenvalue weighted by molar-refractivity contribution is 0.299. The highest BCUT2D eigenvalue weighted by molar-refractivity contribution is 5.29. The van der Waals surface area contributed by atoms with Gasteiger partial charge in [0.1, 0.15) is 5.75 Å². The van der Waals surface area contributed by atoms with E-state index in [4.69, 9.17) is 4.74 Å². The Hall–Kier alpha value is -1.09. The van der Waals surface area contributed by atoms with E-state index in [0.717, 1.165) is 36.7 Å². The summed E-state index contributed by atoms with van der Waals surface area (Å²) in [5.41, 5.74) is 2.12. The molecule has 1 aromatic heterocycles. The number of pyridine rings is 1. The second kappa shape index (κ2) is 7.49. The number of nitrogens with one attached hydrogen (secondary N) is 1. The Labute approximate surface area is 116 Å². The molecule has 3 heteroatoms. The normalized spacial score (nSPS) is 14.6. The van der Waals surface area contributed by atoms with Gasteiger partial charge in [0.25, 0.3) is 0 Å². The van der Waals surface area contributed by atoms with Crippen molar-refractivity contribution in [1.29, 1.82) is 0 Å². The number of aryl methyl sites for hydroxylation is 1. The highest BCUT2D eigenvalue weighted by Crippen LogP contribution is 2.22. The highest BCUT2D eigenvalue weighted by atomic mass is 16.5. The van der Waals surface area contributed by atoms with Gasteiger partial charge in [0.15, 0.2) is 0 Å². The van der Waals surface area contributed by atoms with E-state index in [0.29, 0.717) is 6.04 Å². The van der Waals surface area contributed by atoms with Crippen molar-refractivity contribution in [3.63, 3.8) is 0 Å². The van der Waals surface area contributed by atoms with Crippen LogP contribution in [0.25, 0.3) is 0 Å². The Morgan fingerprint density at radius 1 is 1.26 bits per heavy atom. The largest absolute Gasteiger partial charge is 0.492 e. The van der Waals surface area contributed by atoms with Gasteiger partial charge in [-0.2, -0.15) is 0 Å². The van der Waals surface area contributed by atoms with E-state index in [2.05, 4.69) is 23.3 Å². The minimum absolute atomic E-state index is 0.708. The van der Waals surface area contributed by atoms with Crippen molar-refractivity contribution in [1.82, 2.24) is 10.3 Å². The van der Waals surface area contributed by atoms with Crippen LogP contribution in [0.1, 0.15) is 56.8 Å². The van der Waals surface area contributed by atoms with Crippen molar-refractivity contribution < 1.29 is 4.74 Å². The van der Waals surface area contributed by atoms with Crippen molar-refractivity contribution in [3.8, 4) is 5.75 Å². The summed E-state index contributed by atoms with van der Waals surface area (Å²) in [7, 11) is 0. The molecule has 0 atom stereocenters. The fourth-order valence-electron chi connectivity index (χ4n) is 2.10. The molecular formula is C16H26N2O. The average Bonchev–Trinajstić information content (AvgIpc) is 3.22. The van der Waals surface area contributed by atoms with Crippen molar-refractivity contribution in [2.24, 2.45) is 0 Å². The number of nitrogens with zero attached hydrogens (tertiary/aromatic N) is 1. The average molecular weight is 262 g/mol. The smallest absolute Gasteiger partial charge is 0.142 e. The summed E-state index contributed by atoms with van der Waals surface area (Å²) in [5, 5.41) is 3.51. The first-order valence-electron chi connectivity index (χ1n) is 7.62. The number of ether oxygens (including phenoxy) is 1. The maximum atomic E-state index is 5.89. The van der Waals surface area contributed by atoms with Crippen LogP contribution in [-0.4, -0.2) is 17.6 Å². The van der Waals surface area contributed by atoms with Gasteiger partial charge in [-0.05, 0) is 38.3 Å². The minimum Gasteiger partial charge on any atom is -0.492 e. The molecule has 2 rings (SSSR count). The van der Waals surface area contributed by atoms with Gasteiger partial charge >= 0.3 is 0 Å². The summed E-state index contributed by atoms with van der Waals surface area (Å²) in [5.74, 6) is 0.954. The molecule has 1 aliphatic carbocycles. The number of rotatable bonds is 9. The molecule has 1 fully saturated rings. The molecule has 0 unspecified atom stereocenters. The quantitative estimate of drug-likeness (QED) is 0.690. The van der Waals surface area contributed by atoms with Crippen molar-refractivity contribution >= 4 is 0 Å². The van der Waals surface area contributed by atoms with Crippen LogP contribution in [0.5, 0.6) is 5.75 Å². The number of hydrogen-bond donors (Lipinski definition) is 1. The lowest BCUT2D eigenvalue weighted by Gasteiger charge is -2.12. The third kappa shape index (κ3) is 5.19. The molecule has 0 amide bonds. The zero-order valence-electron chi connectivity index (χ0n) is 12.2. The zero-order valence-corrected chi connectivity index (χ0v) is 12.2. The number of hydrogen-bond acceptors (Lipinski definition) is 3. The molecule has 0 aliphatic heterocycles. The molecule has 0 spiro atoms. The van der Waals surface area contributed by atoms with Crippen LogP contribution in [0.3, 0.4) is 0 Å². The molecule has 1 N–H and O–H groups in total. The lowest BCUT2D eigenvalue weighted by atomic mass is 10.2. The fraction of sp³-hybridized carbons (Fsp3) is 0.688. The Kier molecular flexibility index (Phi) is 5.64. The second-order valence-corrected chi connectivity index (χ2v) is 5.46. The molecule has 0 aromatic carbocycles. The standard InChI is InChI=1S/C16H26N2O/c1-3-4-5-6-11-19-16-10-7-13(2)18-15(16)12-17-14-8-9-14/h7,10,14,17H,3-6,8-9,11-12H2,1-2H3. The van der Waals surface area contributed by atoms with Crippen LogP contribution in [-0.2, 0) is 6.54 Å². The summed E-state index contributed by atoms with van der Waals surface area (Å²) in [6.07, 6.45) is 7.56. The molecule has 0 saturated heterocycles. The Morgan fingerprint density at radius 2 is 2.11 bits per heavy atom. The summed E-state index contributed by atoms with van der Waals surface area (Å²) in [6, 6.07) is 4.80. The van der Waals surface area contributed by atoms with E-state index in [1.54, 1.807) is 0 Å². The third-order valence-corrected chi connectivity index (χ3v) is 3.46. The molecule has 0 radical (unpaired) electrons. The van der Waals surface area contributed by atoms with Crippen LogP contribution in [0, 0.1) is 6.92 Å². The maximum Gasteiger partial charge on any atom is 0.142 e. The van der Waals surface area contributed by atoms with Gasteiger partial charge in [-0.1, -0.05) is 26.2 Å². The topological polar surface area (TPSA) is 34.1 Å². The van der Waals surface area contributed by atoms with Crippen molar-refractivity contribution in [3.05, 3.63) is 23.5 Å². The zero-order chi connectivity index (χ0) is 13.5. The van der Waals surface area contributed by atoms with Gasteiger partial charge in [-0.3, -0.25) is 4.98 Å². The first-order valence-corrected chi connectivity index (χ1v) is 7.62. The summed E-state index contributed by atoms with van der Waals surface area (Å²) in [4.78, 5) is 4.60. The first kappa shape index (κ1) is 14.3.